The van der Waals surface area contributed by atoms with Crippen LogP contribution in [0.2, 0.25) is 0 Å². The molecule has 5 atom stereocenters. The minimum Gasteiger partial charge on any atom is -0.454 e. The second-order valence-electron chi connectivity index (χ2n) is 6.89. The molecule has 2 bridgehead atoms. The largest absolute Gasteiger partial charge is 0.454 e. The molecule has 2 heterocycles. The zero-order valence-electron chi connectivity index (χ0n) is 14.6. The Kier molecular flexibility index (Phi) is 3.99. The fourth-order valence-corrected chi connectivity index (χ4v) is 4.01. The first kappa shape index (κ1) is 17.0. The van der Waals surface area contributed by atoms with Crippen molar-refractivity contribution < 1.29 is 33.3 Å². The van der Waals surface area contributed by atoms with Crippen LogP contribution >= 0.6 is 0 Å². The van der Waals surface area contributed by atoms with Crippen molar-refractivity contribution in [1.29, 1.82) is 0 Å². The van der Waals surface area contributed by atoms with Gasteiger partial charge in [-0.2, -0.15) is 0 Å². The average molecular weight is 360 g/mol. The molecule has 7 heteroatoms. The Morgan fingerprint density at radius 2 is 1.81 bits per heavy atom. The van der Waals surface area contributed by atoms with Crippen LogP contribution in [-0.2, 0) is 33.3 Å². The van der Waals surface area contributed by atoms with Gasteiger partial charge in [-0.15, -0.1) is 0 Å². The van der Waals surface area contributed by atoms with Gasteiger partial charge in [0.05, 0.1) is 0 Å². The van der Waals surface area contributed by atoms with Crippen LogP contribution in [0.1, 0.15) is 33.1 Å². The number of carbonyl (C=O) groups is 3. The van der Waals surface area contributed by atoms with Crippen LogP contribution in [-0.4, -0.2) is 47.9 Å². The number of hydrogen-bond acceptors (Lipinski definition) is 7. The predicted octanol–water partition coefficient (Wildman–Crippen LogP) is 1.52. The van der Waals surface area contributed by atoms with Gasteiger partial charge >= 0.3 is 17.9 Å². The van der Waals surface area contributed by atoms with E-state index in [0.29, 0.717) is 24.8 Å². The van der Waals surface area contributed by atoms with E-state index in [9.17, 15) is 14.4 Å². The third-order valence-electron chi connectivity index (χ3n) is 5.15. The molecule has 138 valence electrons. The third kappa shape index (κ3) is 2.67. The summed E-state index contributed by atoms with van der Waals surface area (Å²) in [6.45, 7) is 2.66. The van der Waals surface area contributed by atoms with Gasteiger partial charge in [0.1, 0.15) is 18.3 Å². The second kappa shape index (κ2) is 6.09. The monoisotopic (exact) mass is 360 g/mol. The Labute approximate surface area is 150 Å². The number of carbonyl (C=O) groups excluding carboxylic acids is 3. The second-order valence-corrected chi connectivity index (χ2v) is 6.89. The van der Waals surface area contributed by atoms with E-state index in [2.05, 4.69) is 0 Å². The summed E-state index contributed by atoms with van der Waals surface area (Å²) in [5.41, 5.74) is 0.498. The van der Waals surface area contributed by atoms with E-state index in [0.717, 1.165) is 5.57 Å². The molecule has 7 nitrogen and oxygen atoms in total. The lowest BCUT2D eigenvalue weighted by Gasteiger charge is -2.31. The fourth-order valence-electron chi connectivity index (χ4n) is 4.01. The number of allylic oxidation sites excluding steroid dienone is 2. The summed E-state index contributed by atoms with van der Waals surface area (Å²) in [6, 6.07) is 0. The molecule has 2 aliphatic carbocycles. The van der Waals surface area contributed by atoms with Gasteiger partial charge in [-0.3, -0.25) is 9.59 Å². The lowest BCUT2D eigenvalue weighted by molar-refractivity contribution is -0.153. The number of epoxide rings is 1. The SMILES string of the molecule is CC(=O)OC1C=CC(OC(C)=O)C2=C1C/C=C\CC[C@]13O[C@H]1[C@H]2OC3=O. The lowest BCUT2D eigenvalue weighted by Crippen LogP contribution is -2.36. The third-order valence-corrected chi connectivity index (χ3v) is 5.15. The highest BCUT2D eigenvalue weighted by Crippen LogP contribution is 2.53. The number of esters is 3. The highest BCUT2D eigenvalue weighted by molar-refractivity contribution is 5.87. The average Bonchev–Trinajstić information content (AvgIpc) is 3.24. The minimum atomic E-state index is -0.899. The summed E-state index contributed by atoms with van der Waals surface area (Å²) in [5.74, 6) is -1.24. The lowest BCUT2D eigenvalue weighted by atomic mass is 9.83. The summed E-state index contributed by atoms with van der Waals surface area (Å²) in [7, 11) is 0. The van der Waals surface area contributed by atoms with Gasteiger partial charge in [0.15, 0.2) is 11.7 Å². The van der Waals surface area contributed by atoms with Crippen LogP contribution < -0.4 is 0 Å². The smallest absolute Gasteiger partial charge is 0.342 e. The van der Waals surface area contributed by atoms with Crippen molar-refractivity contribution in [2.24, 2.45) is 0 Å². The fraction of sp³-hybridized carbons (Fsp3) is 0.526. The summed E-state index contributed by atoms with van der Waals surface area (Å²) in [5, 5.41) is 0. The molecular formula is C19H20O7. The molecule has 4 aliphatic rings. The molecule has 0 radical (unpaired) electrons. The molecule has 2 fully saturated rings. The molecule has 26 heavy (non-hydrogen) atoms. The minimum absolute atomic E-state index is 0.380. The molecule has 0 N–H and O–H groups in total. The molecule has 0 aromatic carbocycles. The molecule has 4 rings (SSSR count). The zero-order valence-corrected chi connectivity index (χ0v) is 14.6. The van der Waals surface area contributed by atoms with Crippen LogP contribution in [0.5, 0.6) is 0 Å². The summed E-state index contributed by atoms with van der Waals surface area (Å²) in [6.07, 6.45) is 6.77. The van der Waals surface area contributed by atoms with Gasteiger partial charge in [0.25, 0.3) is 0 Å². The molecule has 0 aromatic rings. The van der Waals surface area contributed by atoms with Crippen LogP contribution in [0.15, 0.2) is 35.5 Å². The van der Waals surface area contributed by atoms with Gasteiger partial charge in [-0.05, 0) is 37.0 Å². The van der Waals surface area contributed by atoms with Crippen molar-refractivity contribution in [2.45, 2.75) is 63.1 Å². The molecule has 2 saturated heterocycles. The summed E-state index contributed by atoms with van der Waals surface area (Å²) in [4.78, 5) is 35.5. The van der Waals surface area contributed by atoms with E-state index in [1.54, 1.807) is 12.2 Å². The normalized spacial score (nSPS) is 38.6. The summed E-state index contributed by atoms with van der Waals surface area (Å²) < 4.78 is 22.2. The quantitative estimate of drug-likeness (QED) is 0.319. The number of rotatable bonds is 2. The highest BCUT2D eigenvalue weighted by atomic mass is 16.7. The number of ether oxygens (including phenoxy) is 4. The Balaban J connectivity index is 1.79. The van der Waals surface area contributed by atoms with Crippen molar-refractivity contribution in [3.05, 3.63) is 35.5 Å². The van der Waals surface area contributed by atoms with E-state index < -0.39 is 42.0 Å². The van der Waals surface area contributed by atoms with Crippen molar-refractivity contribution in [3.8, 4) is 0 Å². The van der Waals surface area contributed by atoms with Gasteiger partial charge in [0.2, 0.25) is 0 Å². The molecule has 2 aliphatic heterocycles. The molecule has 0 aromatic heterocycles. The standard InChI is InChI=1S/C19H20O7/c1-10(20)23-13-7-8-14(24-11(2)21)15-12(13)6-4-3-5-9-19-17(26-19)16(15)25-18(19)22/h3-4,7-8,13-14,16-17H,5-6,9H2,1-2H3/b4-3-/t13?,14?,16-,17-,19-/m0/s1. The van der Waals surface area contributed by atoms with E-state index in [1.165, 1.54) is 13.8 Å². The van der Waals surface area contributed by atoms with Crippen molar-refractivity contribution in [2.75, 3.05) is 0 Å². The van der Waals surface area contributed by atoms with Gasteiger partial charge in [0, 0.05) is 19.4 Å². The molecule has 0 saturated carbocycles. The molecule has 2 unspecified atom stereocenters. The molecule has 0 spiro atoms. The highest BCUT2D eigenvalue weighted by Gasteiger charge is 2.73. The van der Waals surface area contributed by atoms with Gasteiger partial charge in [-0.1, -0.05) is 12.2 Å². The van der Waals surface area contributed by atoms with E-state index >= 15 is 0 Å². The zero-order chi connectivity index (χ0) is 18.5. The molecular weight excluding hydrogens is 340 g/mol. The van der Waals surface area contributed by atoms with Crippen molar-refractivity contribution >= 4 is 17.9 Å². The predicted molar refractivity (Wildman–Crippen MR) is 87.7 cm³/mol. The van der Waals surface area contributed by atoms with Crippen LogP contribution in [0.4, 0.5) is 0 Å². The Bertz CT molecular complexity index is 762. The summed E-state index contributed by atoms with van der Waals surface area (Å²) >= 11 is 0. The van der Waals surface area contributed by atoms with E-state index in [4.69, 9.17) is 18.9 Å². The number of fused-ring (bicyclic) bond motifs is 1. The Morgan fingerprint density at radius 3 is 2.50 bits per heavy atom. The van der Waals surface area contributed by atoms with Crippen molar-refractivity contribution in [1.82, 2.24) is 0 Å². The Morgan fingerprint density at radius 1 is 1.12 bits per heavy atom. The topological polar surface area (TPSA) is 91.4 Å². The first-order valence-electron chi connectivity index (χ1n) is 8.72. The first-order valence-corrected chi connectivity index (χ1v) is 8.72. The van der Waals surface area contributed by atoms with Crippen LogP contribution in [0.25, 0.3) is 0 Å². The van der Waals surface area contributed by atoms with Crippen LogP contribution in [0, 0.1) is 0 Å². The molecule has 0 amide bonds. The van der Waals surface area contributed by atoms with E-state index in [1.807, 2.05) is 12.2 Å². The maximum atomic E-state index is 12.4. The van der Waals surface area contributed by atoms with Gasteiger partial charge in [-0.25, -0.2) is 4.79 Å². The maximum Gasteiger partial charge on any atom is 0.342 e. The first-order chi connectivity index (χ1) is 12.4. The maximum absolute atomic E-state index is 12.4. The van der Waals surface area contributed by atoms with Crippen molar-refractivity contribution in [3.63, 3.8) is 0 Å². The van der Waals surface area contributed by atoms with Gasteiger partial charge < -0.3 is 18.9 Å². The van der Waals surface area contributed by atoms with E-state index in [-0.39, 0.29) is 5.97 Å². The number of hydrogen-bond donors (Lipinski definition) is 0. The Hall–Kier alpha value is -2.41. The van der Waals surface area contributed by atoms with Crippen LogP contribution in [0.3, 0.4) is 0 Å².